The van der Waals surface area contributed by atoms with Gasteiger partial charge >= 0.3 is 12.2 Å². The fraction of sp³-hybridized carbons (Fsp3) is 0.190. The Balaban J connectivity index is 1.63. The average molecular weight is 464 g/mol. The quantitative estimate of drug-likeness (QED) is 0.501. The van der Waals surface area contributed by atoms with Crippen molar-refractivity contribution < 1.29 is 27.5 Å². The van der Waals surface area contributed by atoms with E-state index in [0.717, 1.165) is 16.3 Å². The van der Waals surface area contributed by atoms with Gasteiger partial charge in [-0.1, -0.05) is 42.1 Å². The Hall–Kier alpha value is -3.47. The highest BCUT2D eigenvalue weighted by Crippen LogP contribution is 2.30. The first-order valence-corrected chi connectivity index (χ1v) is 10.3. The standard InChI is InChI=1S/C21H19F3N4O3S/c1-31-16-9-7-15(8-10-16)26-19(30)27-18(29)12-32-20-25-11-17(14-5-3-2-4-6-14)28(20)13-21(22,23)24/h2-11H,12-13H2,1H3,(H2,26,27,29,30). The number of amides is 3. The van der Waals surface area contributed by atoms with Crippen LogP contribution < -0.4 is 15.4 Å². The first-order chi connectivity index (χ1) is 15.2. The molecule has 11 heteroatoms. The Morgan fingerprint density at radius 1 is 1.09 bits per heavy atom. The van der Waals surface area contributed by atoms with Crippen molar-refractivity contribution in [2.75, 3.05) is 18.2 Å². The van der Waals surface area contributed by atoms with E-state index in [1.165, 1.54) is 13.3 Å². The highest BCUT2D eigenvalue weighted by Gasteiger charge is 2.31. The number of benzene rings is 2. The summed E-state index contributed by atoms with van der Waals surface area (Å²) in [6.07, 6.45) is -3.14. The number of halogens is 3. The highest BCUT2D eigenvalue weighted by molar-refractivity contribution is 7.99. The van der Waals surface area contributed by atoms with E-state index in [9.17, 15) is 22.8 Å². The molecule has 0 aliphatic heterocycles. The Bertz CT molecular complexity index is 1070. The number of thioether (sulfide) groups is 1. The van der Waals surface area contributed by atoms with Crippen molar-refractivity contribution in [2.24, 2.45) is 0 Å². The zero-order valence-corrected chi connectivity index (χ0v) is 17.7. The SMILES string of the molecule is COc1ccc(NC(=O)NC(=O)CSc2ncc(-c3ccccc3)n2CC(F)(F)F)cc1. The van der Waals surface area contributed by atoms with Crippen molar-refractivity contribution in [3.8, 4) is 17.0 Å². The number of urea groups is 1. The molecule has 0 bridgehead atoms. The zero-order valence-electron chi connectivity index (χ0n) is 16.8. The van der Waals surface area contributed by atoms with Crippen LogP contribution >= 0.6 is 11.8 Å². The lowest BCUT2D eigenvalue weighted by Gasteiger charge is -2.14. The maximum Gasteiger partial charge on any atom is 0.406 e. The van der Waals surface area contributed by atoms with Gasteiger partial charge in [0.1, 0.15) is 12.3 Å². The summed E-state index contributed by atoms with van der Waals surface area (Å²) in [6.45, 7) is -1.25. The number of nitrogens with one attached hydrogen (secondary N) is 2. The summed E-state index contributed by atoms with van der Waals surface area (Å²) < 4.78 is 45.4. The van der Waals surface area contributed by atoms with Gasteiger partial charge < -0.3 is 14.6 Å². The van der Waals surface area contributed by atoms with Gasteiger partial charge in [0.15, 0.2) is 5.16 Å². The first-order valence-electron chi connectivity index (χ1n) is 9.30. The second kappa shape index (κ2) is 10.2. The van der Waals surface area contributed by atoms with Crippen LogP contribution in [-0.2, 0) is 11.3 Å². The molecule has 0 unspecified atom stereocenters. The number of carbonyl (C=O) groups is 2. The Labute approximate surface area is 186 Å². The molecule has 0 aliphatic rings. The molecule has 1 heterocycles. The van der Waals surface area contributed by atoms with Crippen LogP contribution in [0, 0.1) is 0 Å². The molecule has 32 heavy (non-hydrogen) atoms. The molecule has 0 aliphatic carbocycles. The van der Waals surface area contributed by atoms with Gasteiger partial charge in [0.05, 0.1) is 24.8 Å². The largest absolute Gasteiger partial charge is 0.497 e. The van der Waals surface area contributed by atoms with Crippen molar-refractivity contribution in [1.29, 1.82) is 0 Å². The molecule has 2 aromatic carbocycles. The summed E-state index contributed by atoms with van der Waals surface area (Å²) in [6, 6.07) is 14.2. The predicted octanol–water partition coefficient (Wildman–Crippen LogP) is 4.56. The fourth-order valence-electron chi connectivity index (χ4n) is 2.77. The lowest BCUT2D eigenvalue weighted by atomic mass is 10.2. The summed E-state index contributed by atoms with van der Waals surface area (Å²) in [4.78, 5) is 28.1. The van der Waals surface area contributed by atoms with Crippen LogP contribution in [0.4, 0.5) is 23.7 Å². The van der Waals surface area contributed by atoms with E-state index in [-0.39, 0.29) is 16.6 Å². The van der Waals surface area contributed by atoms with Crippen LogP contribution in [0.2, 0.25) is 0 Å². The number of hydrogen-bond acceptors (Lipinski definition) is 5. The van der Waals surface area contributed by atoms with Crippen molar-refractivity contribution in [3.05, 3.63) is 60.8 Å². The third kappa shape index (κ3) is 6.51. The number of ether oxygens (including phenoxy) is 1. The van der Waals surface area contributed by atoms with Gasteiger partial charge in [-0.15, -0.1) is 0 Å². The molecule has 0 spiro atoms. The number of aromatic nitrogens is 2. The maximum absolute atomic E-state index is 13.1. The molecule has 0 fully saturated rings. The maximum atomic E-state index is 13.1. The molecule has 0 saturated heterocycles. The fourth-order valence-corrected chi connectivity index (χ4v) is 3.55. The minimum Gasteiger partial charge on any atom is -0.497 e. The predicted molar refractivity (Wildman–Crippen MR) is 115 cm³/mol. The van der Waals surface area contributed by atoms with E-state index < -0.39 is 24.7 Å². The van der Waals surface area contributed by atoms with Crippen LogP contribution in [-0.4, -0.2) is 40.5 Å². The molecular weight excluding hydrogens is 445 g/mol. The number of carbonyl (C=O) groups excluding carboxylic acids is 2. The minimum atomic E-state index is -4.47. The number of alkyl halides is 3. The average Bonchev–Trinajstić information content (AvgIpc) is 3.14. The van der Waals surface area contributed by atoms with Crippen LogP contribution in [0.3, 0.4) is 0 Å². The van der Waals surface area contributed by atoms with Crippen LogP contribution in [0.25, 0.3) is 11.3 Å². The molecule has 3 aromatic rings. The van der Waals surface area contributed by atoms with E-state index in [4.69, 9.17) is 4.74 Å². The second-order valence-corrected chi connectivity index (χ2v) is 7.46. The van der Waals surface area contributed by atoms with E-state index in [1.54, 1.807) is 54.6 Å². The number of rotatable bonds is 7. The first kappa shape index (κ1) is 23.2. The molecule has 168 valence electrons. The number of imide groups is 1. The monoisotopic (exact) mass is 464 g/mol. The molecule has 7 nitrogen and oxygen atoms in total. The van der Waals surface area contributed by atoms with Gasteiger partial charge in [0, 0.05) is 5.69 Å². The topological polar surface area (TPSA) is 85.2 Å². The van der Waals surface area contributed by atoms with Gasteiger partial charge in [0.25, 0.3) is 0 Å². The molecule has 1 aromatic heterocycles. The molecule has 3 amide bonds. The Morgan fingerprint density at radius 3 is 2.41 bits per heavy atom. The van der Waals surface area contributed by atoms with E-state index >= 15 is 0 Å². The molecule has 0 atom stereocenters. The van der Waals surface area contributed by atoms with Crippen molar-refractivity contribution in [1.82, 2.24) is 14.9 Å². The second-order valence-electron chi connectivity index (χ2n) is 6.51. The van der Waals surface area contributed by atoms with Crippen LogP contribution in [0.1, 0.15) is 0 Å². The number of hydrogen-bond donors (Lipinski definition) is 2. The third-order valence-corrected chi connectivity index (χ3v) is 5.15. The van der Waals surface area contributed by atoms with E-state index in [0.29, 0.717) is 17.0 Å². The smallest absolute Gasteiger partial charge is 0.406 e. The number of anilines is 1. The zero-order chi connectivity index (χ0) is 23.1. The Morgan fingerprint density at radius 2 is 1.78 bits per heavy atom. The Kier molecular flexibility index (Phi) is 7.41. The lowest BCUT2D eigenvalue weighted by molar-refractivity contribution is -0.141. The van der Waals surface area contributed by atoms with E-state index in [2.05, 4.69) is 15.6 Å². The van der Waals surface area contributed by atoms with Crippen molar-refractivity contribution in [3.63, 3.8) is 0 Å². The van der Waals surface area contributed by atoms with Crippen molar-refractivity contribution >= 4 is 29.4 Å². The van der Waals surface area contributed by atoms with Gasteiger partial charge in [-0.3, -0.25) is 10.1 Å². The van der Waals surface area contributed by atoms with Gasteiger partial charge in [-0.05, 0) is 29.8 Å². The number of nitrogens with zero attached hydrogens (tertiary/aromatic N) is 2. The van der Waals surface area contributed by atoms with Crippen molar-refractivity contribution in [2.45, 2.75) is 17.9 Å². The van der Waals surface area contributed by atoms with Crippen LogP contribution in [0.15, 0.2) is 66.0 Å². The van der Waals surface area contributed by atoms with Crippen LogP contribution in [0.5, 0.6) is 5.75 Å². The van der Waals surface area contributed by atoms with Gasteiger partial charge in [-0.25, -0.2) is 9.78 Å². The van der Waals surface area contributed by atoms with Gasteiger partial charge in [0.2, 0.25) is 5.91 Å². The van der Waals surface area contributed by atoms with E-state index in [1.807, 2.05) is 0 Å². The molecule has 3 rings (SSSR count). The minimum absolute atomic E-state index is 0.0203. The normalized spacial score (nSPS) is 11.1. The summed E-state index contributed by atoms with van der Waals surface area (Å²) in [7, 11) is 1.51. The number of methoxy groups -OCH3 is 1. The highest BCUT2D eigenvalue weighted by atomic mass is 32.2. The molecule has 2 N–H and O–H groups in total. The van der Waals surface area contributed by atoms with Gasteiger partial charge in [-0.2, -0.15) is 13.2 Å². The molecule has 0 saturated carbocycles. The lowest BCUT2D eigenvalue weighted by Crippen LogP contribution is -2.35. The molecule has 0 radical (unpaired) electrons. The summed E-state index contributed by atoms with van der Waals surface area (Å²) in [5, 5.41) is 4.64. The summed E-state index contributed by atoms with van der Waals surface area (Å²) >= 11 is 0.808. The number of imidazole rings is 1. The summed E-state index contributed by atoms with van der Waals surface area (Å²) in [5.74, 6) is -0.365. The summed E-state index contributed by atoms with van der Waals surface area (Å²) in [5.41, 5.74) is 1.29. The third-order valence-electron chi connectivity index (χ3n) is 4.16. The molecular formula is C21H19F3N4O3S.